The van der Waals surface area contributed by atoms with E-state index in [9.17, 15) is 4.79 Å². The highest BCUT2D eigenvalue weighted by molar-refractivity contribution is 8.14. The third-order valence-corrected chi connectivity index (χ3v) is 6.58. The average molecular weight is 399 g/mol. The zero-order chi connectivity index (χ0) is 18.6. The maximum absolute atomic E-state index is 12.6. The van der Waals surface area contributed by atoms with E-state index >= 15 is 0 Å². The van der Waals surface area contributed by atoms with Gasteiger partial charge in [-0.25, -0.2) is 0 Å². The van der Waals surface area contributed by atoms with E-state index in [1.807, 2.05) is 28.8 Å². The van der Waals surface area contributed by atoms with E-state index in [4.69, 9.17) is 11.6 Å². The Morgan fingerprint density at radius 2 is 1.78 bits per heavy atom. The molecule has 0 unspecified atom stereocenters. The summed E-state index contributed by atoms with van der Waals surface area (Å²) in [7, 11) is 0. The van der Waals surface area contributed by atoms with Crippen molar-refractivity contribution in [1.29, 1.82) is 0 Å². The molecule has 27 heavy (non-hydrogen) atoms. The SMILES string of the molecule is O=C(c1ccc(Cl)cc1)N1CCC(Cc2ccc(C3=NCCS3)cc2)CC1. The molecule has 2 aliphatic heterocycles. The predicted molar refractivity (Wildman–Crippen MR) is 114 cm³/mol. The average Bonchev–Trinajstić information content (AvgIpc) is 3.24. The number of hydrogen-bond acceptors (Lipinski definition) is 3. The molecule has 0 aromatic heterocycles. The first-order valence-corrected chi connectivity index (χ1v) is 10.9. The topological polar surface area (TPSA) is 32.7 Å². The molecular formula is C22H23ClN2OS. The molecule has 0 saturated carbocycles. The Bertz CT molecular complexity index is 824. The van der Waals surface area contributed by atoms with Crippen molar-refractivity contribution in [3.8, 4) is 0 Å². The number of hydrogen-bond donors (Lipinski definition) is 0. The van der Waals surface area contributed by atoms with Crippen LogP contribution in [0.5, 0.6) is 0 Å². The van der Waals surface area contributed by atoms with Crippen molar-refractivity contribution >= 4 is 34.3 Å². The molecule has 3 nitrogen and oxygen atoms in total. The fourth-order valence-corrected chi connectivity index (χ4v) is 4.73. The molecule has 1 amide bonds. The third kappa shape index (κ3) is 4.56. The highest BCUT2D eigenvalue weighted by Gasteiger charge is 2.23. The molecule has 0 N–H and O–H groups in total. The fourth-order valence-electron chi connectivity index (χ4n) is 3.74. The van der Waals surface area contributed by atoms with Gasteiger partial charge < -0.3 is 4.90 Å². The molecule has 2 aliphatic rings. The number of benzene rings is 2. The summed E-state index contributed by atoms with van der Waals surface area (Å²) in [5.74, 6) is 1.86. The molecule has 0 aliphatic carbocycles. The molecule has 0 radical (unpaired) electrons. The van der Waals surface area contributed by atoms with E-state index in [1.54, 1.807) is 12.1 Å². The monoisotopic (exact) mass is 398 g/mol. The van der Waals surface area contributed by atoms with Gasteiger partial charge in [-0.05, 0) is 55.0 Å². The van der Waals surface area contributed by atoms with Crippen LogP contribution in [0.2, 0.25) is 5.02 Å². The van der Waals surface area contributed by atoms with Crippen LogP contribution < -0.4 is 0 Å². The number of thioether (sulfide) groups is 1. The molecule has 0 atom stereocenters. The number of halogens is 1. The maximum atomic E-state index is 12.6. The second-order valence-electron chi connectivity index (χ2n) is 7.18. The summed E-state index contributed by atoms with van der Waals surface area (Å²) in [6.45, 7) is 2.60. The zero-order valence-electron chi connectivity index (χ0n) is 15.2. The van der Waals surface area contributed by atoms with Gasteiger partial charge in [0.05, 0.1) is 5.04 Å². The normalized spacial score (nSPS) is 17.8. The first kappa shape index (κ1) is 18.6. The van der Waals surface area contributed by atoms with Crippen LogP contribution in [0.1, 0.15) is 34.3 Å². The third-order valence-electron chi connectivity index (χ3n) is 5.30. The molecule has 0 spiro atoms. The van der Waals surface area contributed by atoms with Gasteiger partial charge in [0.15, 0.2) is 0 Å². The van der Waals surface area contributed by atoms with Crippen LogP contribution in [0.15, 0.2) is 53.5 Å². The standard InChI is InChI=1S/C22H23ClN2OS/c23-20-7-5-19(6-8-20)22(26)25-12-9-17(10-13-25)15-16-1-3-18(4-2-16)21-24-11-14-27-21/h1-8,17H,9-15H2. The lowest BCUT2D eigenvalue weighted by atomic mass is 9.89. The summed E-state index contributed by atoms with van der Waals surface area (Å²) in [5, 5.41) is 1.84. The number of rotatable bonds is 4. The lowest BCUT2D eigenvalue weighted by Crippen LogP contribution is -2.38. The van der Waals surface area contributed by atoms with Gasteiger partial charge in [-0.3, -0.25) is 9.79 Å². The highest BCUT2D eigenvalue weighted by Crippen LogP contribution is 2.25. The fraction of sp³-hybridized carbons (Fsp3) is 0.364. The van der Waals surface area contributed by atoms with Gasteiger partial charge in [-0.2, -0.15) is 0 Å². The van der Waals surface area contributed by atoms with E-state index in [0.29, 0.717) is 10.9 Å². The van der Waals surface area contributed by atoms with Crippen molar-refractivity contribution in [3.63, 3.8) is 0 Å². The number of carbonyl (C=O) groups is 1. The summed E-state index contributed by atoms with van der Waals surface area (Å²) >= 11 is 7.76. The van der Waals surface area contributed by atoms with Crippen LogP contribution in [0.4, 0.5) is 0 Å². The summed E-state index contributed by atoms with van der Waals surface area (Å²) in [6, 6.07) is 16.1. The highest BCUT2D eigenvalue weighted by atomic mass is 35.5. The summed E-state index contributed by atoms with van der Waals surface area (Å²) < 4.78 is 0. The number of amides is 1. The van der Waals surface area contributed by atoms with Crippen LogP contribution in [0.3, 0.4) is 0 Å². The molecule has 2 heterocycles. The first-order chi connectivity index (χ1) is 13.2. The van der Waals surface area contributed by atoms with Gasteiger partial charge in [-0.1, -0.05) is 35.9 Å². The Balaban J connectivity index is 1.30. The van der Waals surface area contributed by atoms with Crippen molar-refractivity contribution < 1.29 is 4.79 Å². The maximum Gasteiger partial charge on any atom is 0.253 e. The number of likely N-dealkylation sites (tertiary alicyclic amines) is 1. The Hall–Kier alpha value is -1.78. The summed E-state index contributed by atoms with van der Waals surface area (Å²) in [4.78, 5) is 19.1. The number of nitrogens with zero attached hydrogens (tertiary/aromatic N) is 2. The summed E-state index contributed by atoms with van der Waals surface area (Å²) in [6.07, 6.45) is 3.20. The van der Waals surface area contributed by atoms with Crippen molar-refractivity contribution in [2.24, 2.45) is 10.9 Å². The lowest BCUT2D eigenvalue weighted by molar-refractivity contribution is 0.0690. The van der Waals surface area contributed by atoms with E-state index < -0.39 is 0 Å². The van der Waals surface area contributed by atoms with Crippen molar-refractivity contribution in [1.82, 2.24) is 4.90 Å². The molecule has 140 valence electrons. The zero-order valence-corrected chi connectivity index (χ0v) is 16.8. The van der Waals surface area contributed by atoms with Crippen LogP contribution in [0.25, 0.3) is 0 Å². The Morgan fingerprint density at radius 1 is 1.07 bits per heavy atom. The number of piperidine rings is 1. The Morgan fingerprint density at radius 3 is 2.41 bits per heavy atom. The number of carbonyl (C=O) groups excluding carboxylic acids is 1. The van der Waals surface area contributed by atoms with Crippen molar-refractivity contribution in [3.05, 3.63) is 70.2 Å². The van der Waals surface area contributed by atoms with E-state index in [0.717, 1.165) is 50.2 Å². The predicted octanol–water partition coefficient (Wildman–Crippen LogP) is 4.93. The lowest BCUT2D eigenvalue weighted by Gasteiger charge is -2.32. The molecule has 2 aromatic carbocycles. The molecular weight excluding hydrogens is 376 g/mol. The van der Waals surface area contributed by atoms with E-state index in [2.05, 4.69) is 29.3 Å². The minimum Gasteiger partial charge on any atom is -0.339 e. The van der Waals surface area contributed by atoms with Crippen LogP contribution in [-0.2, 0) is 6.42 Å². The van der Waals surface area contributed by atoms with Crippen LogP contribution in [0, 0.1) is 5.92 Å². The van der Waals surface area contributed by atoms with E-state index in [-0.39, 0.29) is 5.91 Å². The molecule has 1 fully saturated rings. The molecule has 2 aromatic rings. The van der Waals surface area contributed by atoms with Gasteiger partial charge in [0.1, 0.15) is 0 Å². The number of aliphatic imine (C=N–C) groups is 1. The van der Waals surface area contributed by atoms with Crippen LogP contribution in [-0.4, -0.2) is 41.2 Å². The molecule has 4 rings (SSSR count). The van der Waals surface area contributed by atoms with Gasteiger partial charge in [0.2, 0.25) is 0 Å². The largest absolute Gasteiger partial charge is 0.339 e. The Kier molecular flexibility index (Phi) is 5.84. The molecule has 1 saturated heterocycles. The van der Waals surface area contributed by atoms with Crippen molar-refractivity contribution in [2.45, 2.75) is 19.3 Å². The first-order valence-electron chi connectivity index (χ1n) is 9.50. The van der Waals surface area contributed by atoms with Gasteiger partial charge in [-0.15, -0.1) is 11.8 Å². The van der Waals surface area contributed by atoms with Crippen molar-refractivity contribution in [2.75, 3.05) is 25.4 Å². The Labute approximate surface area is 169 Å². The second kappa shape index (κ2) is 8.49. The van der Waals surface area contributed by atoms with Gasteiger partial charge in [0.25, 0.3) is 5.91 Å². The quantitative estimate of drug-likeness (QED) is 0.731. The van der Waals surface area contributed by atoms with Gasteiger partial charge in [0, 0.05) is 41.5 Å². The van der Waals surface area contributed by atoms with E-state index in [1.165, 1.54) is 16.2 Å². The molecule has 0 bridgehead atoms. The van der Waals surface area contributed by atoms with Gasteiger partial charge >= 0.3 is 0 Å². The molecule has 5 heteroatoms. The summed E-state index contributed by atoms with van der Waals surface area (Å²) in [5.41, 5.74) is 3.34. The smallest absolute Gasteiger partial charge is 0.253 e. The minimum atomic E-state index is 0.115. The minimum absolute atomic E-state index is 0.115. The second-order valence-corrected chi connectivity index (χ2v) is 8.70. The van der Waals surface area contributed by atoms with Crippen LogP contribution >= 0.6 is 23.4 Å².